The average Bonchev–Trinajstić information content (AvgIpc) is 2.66. The number of aryl methyl sites for hydroxylation is 2. The summed E-state index contributed by atoms with van der Waals surface area (Å²) in [7, 11) is 0. The Morgan fingerprint density at radius 2 is 1.04 bits per heavy atom. The molecule has 3 aromatic carbocycles. The summed E-state index contributed by atoms with van der Waals surface area (Å²) in [6.45, 7) is 11.6. The largest absolute Gasteiger partial charge is 0.457 e. The molecule has 0 aliphatic heterocycles. The summed E-state index contributed by atoms with van der Waals surface area (Å²) in [5, 5.41) is 0. The molecule has 3 aromatic rings. The molecule has 0 bridgehead atoms. The van der Waals surface area contributed by atoms with Crippen LogP contribution in [-0.2, 0) is 0 Å². The van der Waals surface area contributed by atoms with Gasteiger partial charge in [0.2, 0.25) is 0 Å². The van der Waals surface area contributed by atoms with Crippen LogP contribution >= 0.6 is 0 Å². The van der Waals surface area contributed by atoms with E-state index in [1.165, 1.54) is 0 Å². The van der Waals surface area contributed by atoms with Gasteiger partial charge in [0.05, 0.1) is 0 Å². The van der Waals surface area contributed by atoms with Crippen LogP contribution in [0, 0.1) is 13.8 Å². The normalized spacial score (nSPS) is 10.2. The van der Waals surface area contributed by atoms with E-state index in [2.05, 4.69) is 13.2 Å². The maximum Gasteiger partial charge on any atom is 0.133 e. The van der Waals surface area contributed by atoms with Gasteiger partial charge in [0, 0.05) is 0 Å². The molecule has 0 atom stereocenters. The number of hydrogen-bond donors (Lipinski definition) is 0. The van der Waals surface area contributed by atoms with Crippen LogP contribution in [0.25, 0.3) is 12.2 Å². The summed E-state index contributed by atoms with van der Waals surface area (Å²) in [5.74, 6) is 3.24. The quantitative estimate of drug-likeness (QED) is 0.472. The van der Waals surface area contributed by atoms with Gasteiger partial charge in [-0.2, -0.15) is 0 Å². The Bertz CT molecular complexity index is 896. The fourth-order valence-corrected chi connectivity index (χ4v) is 2.73. The number of benzene rings is 3. The van der Waals surface area contributed by atoms with E-state index < -0.39 is 0 Å². The second-order valence-electron chi connectivity index (χ2n) is 6.14. The van der Waals surface area contributed by atoms with Crippen molar-refractivity contribution in [2.24, 2.45) is 0 Å². The van der Waals surface area contributed by atoms with Gasteiger partial charge in [0.25, 0.3) is 0 Å². The smallest absolute Gasteiger partial charge is 0.133 e. The fourth-order valence-electron chi connectivity index (χ4n) is 2.73. The standard InChI is InChI=1S/C24H22O2/c1-5-19-7-11-21(12-8-19)25-23-15-17(3)24(18(4)16-23)26-22-13-9-20(6-2)10-14-22/h5-16H,1-2H2,3-4H3. The third-order valence-corrected chi connectivity index (χ3v) is 4.12. The molecule has 0 amide bonds. The van der Waals surface area contributed by atoms with E-state index in [0.29, 0.717) is 0 Å². The molecule has 0 fully saturated rings. The summed E-state index contributed by atoms with van der Waals surface area (Å²) in [6.07, 6.45) is 3.62. The first-order valence-electron chi connectivity index (χ1n) is 8.51. The zero-order valence-corrected chi connectivity index (χ0v) is 15.2. The Balaban J connectivity index is 1.80. The van der Waals surface area contributed by atoms with Crippen LogP contribution < -0.4 is 9.47 Å². The predicted molar refractivity (Wildman–Crippen MR) is 109 cm³/mol. The van der Waals surface area contributed by atoms with E-state index in [9.17, 15) is 0 Å². The highest BCUT2D eigenvalue weighted by atomic mass is 16.5. The Labute approximate surface area is 155 Å². The Kier molecular flexibility index (Phi) is 5.23. The van der Waals surface area contributed by atoms with E-state index in [-0.39, 0.29) is 0 Å². The maximum atomic E-state index is 6.07. The Morgan fingerprint density at radius 3 is 1.46 bits per heavy atom. The van der Waals surface area contributed by atoms with Crippen molar-refractivity contribution in [3.8, 4) is 23.0 Å². The van der Waals surface area contributed by atoms with Crippen molar-refractivity contribution in [3.63, 3.8) is 0 Å². The highest BCUT2D eigenvalue weighted by molar-refractivity contribution is 5.52. The van der Waals surface area contributed by atoms with Crippen molar-refractivity contribution in [1.29, 1.82) is 0 Å². The lowest BCUT2D eigenvalue weighted by atomic mass is 10.1. The lowest BCUT2D eigenvalue weighted by Crippen LogP contribution is -1.93. The summed E-state index contributed by atoms with van der Waals surface area (Å²) in [6, 6.07) is 19.7. The molecule has 0 aliphatic carbocycles. The van der Waals surface area contributed by atoms with Crippen molar-refractivity contribution >= 4 is 12.2 Å². The molecule has 2 nitrogen and oxygen atoms in total. The third kappa shape index (κ3) is 4.04. The molecule has 130 valence electrons. The molecule has 2 heteroatoms. The summed E-state index contributed by atoms with van der Waals surface area (Å²) in [4.78, 5) is 0. The number of ether oxygens (including phenoxy) is 2. The van der Waals surface area contributed by atoms with Crippen LogP contribution in [-0.4, -0.2) is 0 Å². The molecule has 3 rings (SSSR count). The van der Waals surface area contributed by atoms with Gasteiger partial charge in [-0.15, -0.1) is 0 Å². The molecule has 26 heavy (non-hydrogen) atoms. The molecule has 0 radical (unpaired) electrons. The maximum absolute atomic E-state index is 6.07. The molecule has 0 saturated carbocycles. The highest BCUT2D eigenvalue weighted by Gasteiger charge is 2.09. The fraction of sp³-hybridized carbons (Fsp3) is 0.0833. The minimum Gasteiger partial charge on any atom is -0.457 e. The van der Waals surface area contributed by atoms with E-state index in [1.807, 2.05) is 86.7 Å². The minimum atomic E-state index is 0.792. The zero-order valence-electron chi connectivity index (χ0n) is 15.2. The second kappa shape index (κ2) is 7.75. The zero-order chi connectivity index (χ0) is 18.5. The van der Waals surface area contributed by atoms with Crippen LogP contribution in [0.2, 0.25) is 0 Å². The van der Waals surface area contributed by atoms with E-state index >= 15 is 0 Å². The van der Waals surface area contributed by atoms with Gasteiger partial charge < -0.3 is 9.47 Å². The average molecular weight is 342 g/mol. The third-order valence-electron chi connectivity index (χ3n) is 4.12. The van der Waals surface area contributed by atoms with Gasteiger partial charge >= 0.3 is 0 Å². The lowest BCUT2D eigenvalue weighted by Gasteiger charge is -2.14. The summed E-state index contributed by atoms with van der Waals surface area (Å²) in [5.41, 5.74) is 4.18. The summed E-state index contributed by atoms with van der Waals surface area (Å²) < 4.78 is 12.0. The van der Waals surface area contributed by atoms with Gasteiger partial charge in [-0.25, -0.2) is 0 Å². The van der Waals surface area contributed by atoms with Gasteiger partial charge in [-0.05, 0) is 72.5 Å². The molecule has 0 heterocycles. The highest BCUT2D eigenvalue weighted by Crippen LogP contribution is 2.34. The van der Waals surface area contributed by atoms with E-state index in [4.69, 9.17) is 9.47 Å². The topological polar surface area (TPSA) is 18.5 Å². The van der Waals surface area contributed by atoms with Gasteiger partial charge in [-0.1, -0.05) is 49.6 Å². The number of rotatable bonds is 6. The van der Waals surface area contributed by atoms with Crippen molar-refractivity contribution in [1.82, 2.24) is 0 Å². The van der Waals surface area contributed by atoms with Gasteiger partial charge in [0.15, 0.2) is 0 Å². The molecule has 0 saturated heterocycles. The van der Waals surface area contributed by atoms with Gasteiger partial charge in [-0.3, -0.25) is 0 Å². The first-order valence-corrected chi connectivity index (χ1v) is 8.51. The van der Waals surface area contributed by atoms with Crippen molar-refractivity contribution in [2.45, 2.75) is 13.8 Å². The molecule has 0 aliphatic rings. The Morgan fingerprint density at radius 1 is 0.615 bits per heavy atom. The first-order chi connectivity index (χ1) is 12.6. The van der Waals surface area contributed by atoms with E-state index in [1.54, 1.807) is 0 Å². The van der Waals surface area contributed by atoms with Crippen LogP contribution in [0.1, 0.15) is 22.3 Å². The molecule has 0 unspecified atom stereocenters. The predicted octanol–water partition coefficient (Wildman–Crippen LogP) is 7.17. The second-order valence-corrected chi connectivity index (χ2v) is 6.14. The SMILES string of the molecule is C=Cc1ccc(Oc2cc(C)c(Oc3ccc(C=C)cc3)c(C)c2)cc1. The number of hydrogen-bond acceptors (Lipinski definition) is 2. The molecular weight excluding hydrogens is 320 g/mol. The van der Waals surface area contributed by atoms with Crippen LogP contribution in [0.3, 0.4) is 0 Å². The summed E-state index contributed by atoms with van der Waals surface area (Å²) >= 11 is 0. The van der Waals surface area contributed by atoms with Gasteiger partial charge in [0.1, 0.15) is 23.0 Å². The van der Waals surface area contributed by atoms with Crippen molar-refractivity contribution in [2.75, 3.05) is 0 Å². The van der Waals surface area contributed by atoms with Crippen LogP contribution in [0.15, 0.2) is 73.8 Å². The molecule has 0 spiro atoms. The van der Waals surface area contributed by atoms with Crippen molar-refractivity contribution < 1.29 is 9.47 Å². The van der Waals surface area contributed by atoms with Crippen molar-refractivity contribution in [3.05, 3.63) is 96.1 Å². The molecule has 0 N–H and O–H groups in total. The molecule has 0 aromatic heterocycles. The monoisotopic (exact) mass is 342 g/mol. The minimum absolute atomic E-state index is 0.792. The lowest BCUT2D eigenvalue weighted by molar-refractivity contribution is 0.463. The van der Waals surface area contributed by atoms with Crippen LogP contribution in [0.4, 0.5) is 0 Å². The Hall–Kier alpha value is -3.26. The van der Waals surface area contributed by atoms with E-state index in [0.717, 1.165) is 45.3 Å². The first kappa shape index (κ1) is 17.6. The molecular formula is C24H22O2. The van der Waals surface area contributed by atoms with Crippen LogP contribution in [0.5, 0.6) is 23.0 Å².